The van der Waals surface area contributed by atoms with E-state index < -0.39 is 0 Å². The molecule has 1 atom stereocenters. The summed E-state index contributed by atoms with van der Waals surface area (Å²) in [6.07, 6.45) is 0. The van der Waals surface area contributed by atoms with Crippen molar-refractivity contribution < 1.29 is 4.79 Å². The molecule has 0 aliphatic rings. The van der Waals surface area contributed by atoms with Crippen LogP contribution in [0.3, 0.4) is 0 Å². The highest BCUT2D eigenvalue weighted by molar-refractivity contribution is 8.00. The average molecular weight is 360 g/mol. The molecule has 0 aliphatic heterocycles. The molecule has 0 bridgehead atoms. The minimum atomic E-state index is -0.249. The summed E-state index contributed by atoms with van der Waals surface area (Å²) in [4.78, 5) is 22.3. The van der Waals surface area contributed by atoms with Crippen LogP contribution in [0.1, 0.15) is 13.8 Å². The lowest BCUT2D eigenvalue weighted by Crippen LogP contribution is -2.36. The van der Waals surface area contributed by atoms with Gasteiger partial charge < -0.3 is 9.88 Å². The van der Waals surface area contributed by atoms with E-state index in [0.29, 0.717) is 11.6 Å². The number of thioether (sulfide) groups is 1. The van der Waals surface area contributed by atoms with Crippen molar-refractivity contribution in [1.82, 2.24) is 9.97 Å². The van der Waals surface area contributed by atoms with Gasteiger partial charge in [0.2, 0.25) is 5.91 Å². The highest BCUT2D eigenvalue weighted by Gasteiger charge is 2.22. The number of imidazole rings is 1. The summed E-state index contributed by atoms with van der Waals surface area (Å²) >= 11 is 7.42. The second-order valence-electron chi connectivity index (χ2n) is 5.38. The Morgan fingerprint density at radius 3 is 2.75 bits per heavy atom. The standard InChI is InChI=1S/C18H18ClN3OS/c1-3-22(14-7-5-4-6-8-14)17(23)12(2)24-18-20-15-10-9-13(19)11-16(15)21-18/h4-12H,3H2,1-2H3,(H,20,21)/t12-/m1/s1. The molecular formula is C18H18ClN3OS. The smallest absolute Gasteiger partial charge is 0.240 e. The van der Waals surface area contributed by atoms with Crippen LogP contribution in [0.4, 0.5) is 5.69 Å². The van der Waals surface area contributed by atoms with Crippen molar-refractivity contribution in [3.05, 3.63) is 53.6 Å². The predicted molar refractivity (Wildman–Crippen MR) is 101 cm³/mol. The number of anilines is 1. The molecule has 124 valence electrons. The van der Waals surface area contributed by atoms with E-state index >= 15 is 0 Å². The lowest BCUT2D eigenvalue weighted by atomic mass is 10.2. The van der Waals surface area contributed by atoms with E-state index in [2.05, 4.69) is 9.97 Å². The van der Waals surface area contributed by atoms with E-state index in [1.807, 2.05) is 62.4 Å². The topological polar surface area (TPSA) is 49.0 Å². The minimum Gasteiger partial charge on any atom is -0.333 e. The number of aromatic nitrogens is 2. The van der Waals surface area contributed by atoms with Gasteiger partial charge in [-0.3, -0.25) is 4.79 Å². The normalized spacial score (nSPS) is 12.3. The zero-order chi connectivity index (χ0) is 17.1. The molecule has 0 aliphatic carbocycles. The molecule has 1 N–H and O–H groups in total. The van der Waals surface area contributed by atoms with Crippen LogP contribution >= 0.6 is 23.4 Å². The Morgan fingerprint density at radius 2 is 2.04 bits per heavy atom. The number of H-pyrrole nitrogens is 1. The molecule has 3 aromatic rings. The van der Waals surface area contributed by atoms with Crippen molar-refractivity contribution in [2.75, 3.05) is 11.4 Å². The van der Waals surface area contributed by atoms with Crippen LogP contribution in [0.2, 0.25) is 5.02 Å². The van der Waals surface area contributed by atoms with Gasteiger partial charge in [-0.2, -0.15) is 0 Å². The third-order valence-corrected chi connectivity index (χ3v) is 4.92. The van der Waals surface area contributed by atoms with E-state index in [0.717, 1.165) is 21.9 Å². The number of amides is 1. The maximum absolute atomic E-state index is 12.8. The third kappa shape index (κ3) is 3.57. The highest BCUT2D eigenvalue weighted by atomic mass is 35.5. The molecule has 1 heterocycles. The number of carbonyl (C=O) groups is 1. The van der Waals surface area contributed by atoms with Gasteiger partial charge in [-0.1, -0.05) is 41.6 Å². The maximum Gasteiger partial charge on any atom is 0.240 e. The minimum absolute atomic E-state index is 0.0622. The first-order valence-electron chi connectivity index (χ1n) is 7.77. The molecule has 0 unspecified atom stereocenters. The first kappa shape index (κ1) is 16.9. The Morgan fingerprint density at radius 1 is 1.29 bits per heavy atom. The summed E-state index contributed by atoms with van der Waals surface area (Å²) < 4.78 is 0. The second-order valence-corrected chi connectivity index (χ2v) is 7.15. The van der Waals surface area contributed by atoms with Gasteiger partial charge >= 0.3 is 0 Å². The lowest BCUT2D eigenvalue weighted by Gasteiger charge is -2.23. The monoisotopic (exact) mass is 359 g/mol. The molecule has 0 saturated heterocycles. The number of nitrogens with one attached hydrogen (secondary N) is 1. The van der Waals surface area contributed by atoms with Crippen LogP contribution in [0.15, 0.2) is 53.7 Å². The van der Waals surface area contributed by atoms with Crippen molar-refractivity contribution in [3.8, 4) is 0 Å². The number of carbonyl (C=O) groups excluding carboxylic acids is 1. The number of rotatable bonds is 5. The number of benzene rings is 2. The van der Waals surface area contributed by atoms with Crippen molar-refractivity contribution in [2.45, 2.75) is 24.3 Å². The summed E-state index contributed by atoms with van der Waals surface area (Å²) in [5, 5.41) is 1.13. The molecule has 0 saturated carbocycles. The van der Waals surface area contributed by atoms with E-state index in [4.69, 9.17) is 11.6 Å². The molecule has 4 nitrogen and oxygen atoms in total. The SMILES string of the molecule is CCN(C(=O)[C@@H](C)Sc1nc2ccc(Cl)cc2[nH]1)c1ccccc1. The summed E-state index contributed by atoms with van der Waals surface area (Å²) in [6, 6.07) is 15.2. The fraction of sp³-hybridized carbons (Fsp3) is 0.222. The summed E-state index contributed by atoms with van der Waals surface area (Å²) in [6.45, 7) is 4.51. The van der Waals surface area contributed by atoms with Crippen molar-refractivity contribution in [2.24, 2.45) is 0 Å². The molecule has 0 spiro atoms. The molecule has 0 radical (unpaired) electrons. The Balaban J connectivity index is 1.77. The maximum atomic E-state index is 12.8. The largest absolute Gasteiger partial charge is 0.333 e. The Labute approximate surface area is 150 Å². The fourth-order valence-corrected chi connectivity index (χ4v) is 3.58. The Kier molecular flexibility index (Phi) is 5.11. The third-order valence-electron chi connectivity index (χ3n) is 3.71. The molecule has 0 fully saturated rings. The first-order chi connectivity index (χ1) is 11.6. The quantitative estimate of drug-likeness (QED) is 0.669. The molecule has 6 heteroatoms. The van der Waals surface area contributed by atoms with Crippen molar-refractivity contribution >= 4 is 46.0 Å². The number of hydrogen-bond donors (Lipinski definition) is 1. The highest BCUT2D eigenvalue weighted by Crippen LogP contribution is 2.27. The zero-order valence-electron chi connectivity index (χ0n) is 13.5. The van der Waals surface area contributed by atoms with Crippen molar-refractivity contribution in [1.29, 1.82) is 0 Å². The number of aromatic amines is 1. The number of hydrogen-bond acceptors (Lipinski definition) is 3. The van der Waals surface area contributed by atoms with Crippen LogP contribution in [0.25, 0.3) is 11.0 Å². The van der Waals surface area contributed by atoms with Gasteiger partial charge in [0.15, 0.2) is 5.16 Å². The Hall–Kier alpha value is -1.98. The van der Waals surface area contributed by atoms with Gasteiger partial charge in [0.05, 0.1) is 16.3 Å². The van der Waals surface area contributed by atoms with E-state index in [1.165, 1.54) is 11.8 Å². The predicted octanol–water partition coefficient (Wildman–Crippen LogP) is 4.75. The Bertz CT molecular complexity index is 850. The average Bonchev–Trinajstić information content (AvgIpc) is 2.97. The van der Waals surface area contributed by atoms with Gasteiger partial charge in [0.25, 0.3) is 0 Å². The number of halogens is 1. The van der Waals surface area contributed by atoms with Crippen LogP contribution < -0.4 is 4.90 Å². The van der Waals surface area contributed by atoms with Gasteiger partial charge in [-0.25, -0.2) is 4.98 Å². The summed E-state index contributed by atoms with van der Waals surface area (Å²) in [7, 11) is 0. The summed E-state index contributed by atoms with van der Waals surface area (Å²) in [5.74, 6) is 0.0622. The molecule has 1 aromatic heterocycles. The first-order valence-corrected chi connectivity index (χ1v) is 9.02. The van der Waals surface area contributed by atoms with E-state index in [9.17, 15) is 4.79 Å². The molecule has 1 amide bonds. The van der Waals surface area contributed by atoms with Crippen LogP contribution in [0, 0.1) is 0 Å². The van der Waals surface area contributed by atoms with Crippen LogP contribution in [-0.2, 0) is 4.79 Å². The van der Waals surface area contributed by atoms with Crippen LogP contribution in [-0.4, -0.2) is 27.7 Å². The number of fused-ring (bicyclic) bond motifs is 1. The summed E-state index contributed by atoms with van der Waals surface area (Å²) in [5.41, 5.74) is 2.63. The fourth-order valence-electron chi connectivity index (χ4n) is 2.53. The molecule has 24 heavy (non-hydrogen) atoms. The lowest BCUT2D eigenvalue weighted by molar-refractivity contribution is -0.117. The molecular weight excluding hydrogens is 342 g/mol. The van der Waals surface area contributed by atoms with Gasteiger partial charge in [0, 0.05) is 17.3 Å². The van der Waals surface area contributed by atoms with Crippen LogP contribution in [0.5, 0.6) is 0 Å². The van der Waals surface area contributed by atoms with Gasteiger partial charge in [0.1, 0.15) is 0 Å². The molecule has 3 rings (SSSR count). The van der Waals surface area contributed by atoms with E-state index in [-0.39, 0.29) is 11.2 Å². The number of nitrogens with zero attached hydrogens (tertiary/aromatic N) is 2. The number of para-hydroxylation sites is 1. The zero-order valence-corrected chi connectivity index (χ0v) is 15.1. The van der Waals surface area contributed by atoms with E-state index in [1.54, 1.807) is 4.90 Å². The molecule has 2 aromatic carbocycles. The van der Waals surface area contributed by atoms with Gasteiger partial charge in [-0.05, 0) is 44.2 Å². The van der Waals surface area contributed by atoms with Gasteiger partial charge in [-0.15, -0.1) is 0 Å². The second kappa shape index (κ2) is 7.28. The van der Waals surface area contributed by atoms with Crippen molar-refractivity contribution in [3.63, 3.8) is 0 Å².